The van der Waals surface area contributed by atoms with Crippen molar-refractivity contribution in [3.8, 4) is 28.3 Å². The third-order valence-electron chi connectivity index (χ3n) is 8.46. The molecule has 0 amide bonds. The van der Waals surface area contributed by atoms with E-state index in [-0.39, 0.29) is 23.2 Å². The van der Waals surface area contributed by atoms with Crippen molar-refractivity contribution in [3.63, 3.8) is 0 Å². The summed E-state index contributed by atoms with van der Waals surface area (Å²) < 4.78 is 15.4. The normalized spacial score (nSPS) is 25.4. The molecular formula is C29H37FN6OS4. The Morgan fingerprint density at radius 2 is 1.88 bits per heavy atom. The van der Waals surface area contributed by atoms with E-state index in [0.717, 1.165) is 56.1 Å². The Morgan fingerprint density at radius 3 is 2.51 bits per heavy atom. The van der Waals surface area contributed by atoms with E-state index in [4.69, 9.17) is 0 Å². The summed E-state index contributed by atoms with van der Waals surface area (Å²) in [4.78, 5) is 6.75. The maximum atomic E-state index is 16.4. The topological polar surface area (TPSA) is 87.9 Å². The van der Waals surface area contributed by atoms with Crippen LogP contribution in [0.2, 0.25) is 0 Å². The van der Waals surface area contributed by atoms with E-state index in [1.165, 1.54) is 11.8 Å². The van der Waals surface area contributed by atoms with Crippen LogP contribution in [0.5, 0.6) is 5.75 Å². The summed E-state index contributed by atoms with van der Waals surface area (Å²) in [6, 6.07) is 7.09. The smallest absolute Gasteiger partial charge is 0.185 e. The van der Waals surface area contributed by atoms with Gasteiger partial charge in [0, 0.05) is 17.0 Å². The number of thioether (sulfide) groups is 1. The Labute approximate surface area is 262 Å². The number of phenols is 1. The first kappa shape index (κ1) is 30.7. The fourth-order valence-corrected chi connectivity index (χ4v) is 7.22. The minimum atomic E-state index is -0.958. The lowest BCUT2D eigenvalue weighted by atomic mass is 9.71. The maximum absolute atomic E-state index is 16.4. The minimum Gasteiger partial charge on any atom is -0.507 e. The first-order valence-corrected chi connectivity index (χ1v) is 16.3. The molecule has 1 unspecified atom stereocenters. The number of hydrogen-bond donors (Lipinski definition) is 4. The van der Waals surface area contributed by atoms with E-state index >= 15 is 4.39 Å². The van der Waals surface area contributed by atoms with Gasteiger partial charge >= 0.3 is 0 Å². The molecule has 0 spiro atoms. The van der Waals surface area contributed by atoms with Crippen LogP contribution in [-0.2, 0) is 0 Å². The summed E-state index contributed by atoms with van der Waals surface area (Å²) in [5.74, 6) is 1.38. The van der Waals surface area contributed by atoms with Crippen LogP contribution in [0.1, 0.15) is 65.7 Å². The Kier molecular flexibility index (Phi) is 9.33. The van der Waals surface area contributed by atoms with E-state index in [2.05, 4.69) is 88.9 Å². The number of nitrogens with zero attached hydrogens (tertiary/aromatic N) is 6. The Morgan fingerprint density at radius 1 is 1.10 bits per heavy atom. The number of phenolic OH excluding ortho intramolecular Hbond substituents is 1. The molecule has 2 aliphatic rings. The van der Waals surface area contributed by atoms with Crippen LogP contribution in [0.25, 0.3) is 22.5 Å². The Bertz CT molecular complexity index is 1360. The minimum absolute atomic E-state index is 0.0189. The largest absolute Gasteiger partial charge is 0.507 e. The predicted molar refractivity (Wildman–Crippen MR) is 174 cm³/mol. The van der Waals surface area contributed by atoms with Crippen molar-refractivity contribution in [2.75, 3.05) is 4.90 Å². The van der Waals surface area contributed by atoms with Gasteiger partial charge in [0.05, 0.1) is 24.0 Å². The molecular weight excluding hydrogens is 596 g/mol. The van der Waals surface area contributed by atoms with E-state index < -0.39 is 8.91 Å². The van der Waals surface area contributed by atoms with Gasteiger partial charge in [-0.05, 0) is 61.8 Å². The van der Waals surface area contributed by atoms with Crippen molar-refractivity contribution >= 4 is 55.5 Å². The second-order valence-corrected chi connectivity index (χ2v) is 16.9. The number of rotatable bonds is 8. The molecule has 0 radical (unpaired) electrons. The molecule has 2 saturated carbocycles. The predicted octanol–water partition coefficient (Wildman–Crippen LogP) is 7.50. The van der Waals surface area contributed by atoms with E-state index in [9.17, 15) is 5.11 Å². The quantitative estimate of drug-likeness (QED) is 0.115. The van der Waals surface area contributed by atoms with Crippen LogP contribution in [0.15, 0.2) is 41.7 Å². The SMILES string of the molecule is CC[C@]1(C)CCCC(C)C[C@H](N(c2cnc(-c3ccc(-c4cnnc(SC(S)(S)S)c4)cc3O)nn2)C2CC2)[C@@H]1F. The van der Waals surface area contributed by atoms with Crippen LogP contribution in [0.4, 0.5) is 10.2 Å². The third-order valence-corrected chi connectivity index (χ3v) is 9.96. The zero-order valence-corrected chi connectivity index (χ0v) is 27.0. The molecule has 1 N–H and O–H groups in total. The number of aromatic hydroxyl groups is 1. The molecule has 2 aliphatic carbocycles. The van der Waals surface area contributed by atoms with E-state index in [1.54, 1.807) is 24.5 Å². The van der Waals surface area contributed by atoms with Gasteiger partial charge in [0.1, 0.15) is 16.9 Å². The van der Waals surface area contributed by atoms with Gasteiger partial charge in [-0.25, -0.2) is 9.37 Å². The lowest BCUT2D eigenvalue weighted by molar-refractivity contribution is 0.0577. The summed E-state index contributed by atoms with van der Waals surface area (Å²) in [5, 5.41) is 28.6. The molecule has 12 heteroatoms. The Balaban J connectivity index is 1.40. The first-order chi connectivity index (χ1) is 19.5. The summed E-state index contributed by atoms with van der Waals surface area (Å²) in [6.07, 6.45) is 9.07. The molecule has 1 aromatic carbocycles. The lowest BCUT2D eigenvalue weighted by Gasteiger charge is -2.45. The van der Waals surface area contributed by atoms with Crippen molar-refractivity contribution in [2.24, 2.45) is 11.3 Å². The van der Waals surface area contributed by atoms with Crippen LogP contribution < -0.4 is 4.90 Å². The van der Waals surface area contributed by atoms with Gasteiger partial charge in [-0.2, -0.15) is 5.10 Å². The number of hydrogen-bond acceptors (Lipinski definition) is 11. The van der Waals surface area contributed by atoms with E-state index in [0.29, 0.717) is 28.1 Å². The molecule has 220 valence electrons. The van der Waals surface area contributed by atoms with Crippen molar-refractivity contribution in [1.29, 1.82) is 0 Å². The number of alkyl halides is 1. The molecule has 0 bridgehead atoms. The van der Waals surface area contributed by atoms with Gasteiger partial charge in [-0.1, -0.05) is 51.4 Å². The van der Waals surface area contributed by atoms with Crippen LogP contribution in [-0.4, -0.2) is 51.5 Å². The molecule has 0 saturated heterocycles. The van der Waals surface area contributed by atoms with Crippen LogP contribution >= 0.6 is 49.6 Å². The number of halogens is 1. The highest BCUT2D eigenvalue weighted by Crippen LogP contribution is 2.45. The molecule has 5 rings (SSSR count). The molecule has 41 heavy (non-hydrogen) atoms. The summed E-state index contributed by atoms with van der Waals surface area (Å²) >= 11 is 14.1. The first-order valence-electron chi connectivity index (χ1n) is 14.1. The number of benzene rings is 1. The number of aromatic nitrogens is 5. The highest BCUT2D eigenvalue weighted by atomic mass is 32.3. The molecule has 2 fully saturated rings. The zero-order chi connectivity index (χ0) is 29.4. The fraction of sp³-hybridized carbons (Fsp3) is 0.552. The maximum Gasteiger partial charge on any atom is 0.185 e. The average molecular weight is 633 g/mol. The van der Waals surface area contributed by atoms with Gasteiger partial charge in [0.2, 0.25) is 0 Å². The highest BCUT2D eigenvalue weighted by Gasteiger charge is 2.46. The molecule has 2 heterocycles. The molecule has 0 aliphatic heterocycles. The van der Waals surface area contributed by atoms with Gasteiger partial charge in [0.15, 0.2) is 14.4 Å². The Hall–Kier alpha value is -1.76. The van der Waals surface area contributed by atoms with Gasteiger partial charge in [0.25, 0.3) is 0 Å². The fourth-order valence-electron chi connectivity index (χ4n) is 5.82. The standard InChI is InChI=1S/C29H37FN6OS4/c1-4-28(3)11-5-6-17(2)12-22(26(28)30)36(20-8-9-20)24-16-31-27(35-33-24)21-10-7-18(13-23(21)37)19-14-25(34-32-15-19)41-29(38,39)40/h7,10,13-17,20,22,26,37-40H,4-6,8-9,11-12H2,1-3H3/t17?,22-,26-,28+/m0/s1. The average Bonchev–Trinajstić information content (AvgIpc) is 3.76. The van der Waals surface area contributed by atoms with E-state index in [1.807, 2.05) is 12.1 Å². The highest BCUT2D eigenvalue weighted by molar-refractivity contribution is 8.36. The third kappa shape index (κ3) is 7.25. The molecule has 4 atom stereocenters. The van der Waals surface area contributed by atoms with Crippen LogP contribution in [0, 0.1) is 11.3 Å². The summed E-state index contributed by atoms with van der Waals surface area (Å²) in [5.41, 5.74) is 1.63. The summed E-state index contributed by atoms with van der Waals surface area (Å²) in [7, 11) is 0. The van der Waals surface area contributed by atoms with Gasteiger partial charge in [-0.15, -0.1) is 53.2 Å². The molecule has 2 aromatic heterocycles. The second-order valence-electron chi connectivity index (χ2n) is 11.7. The van der Waals surface area contributed by atoms with Gasteiger partial charge in [-0.3, -0.25) is 0 Å². The molecule has 3 aromatic rings. The van der Waals surface area contributed by atoms with Crippen molar-refractivity contribution in [1.82, 2.24) is 25.4 Å². The van der Waals surface area contributed by atoms with Crippen LogP contribution in [0.3, 0.4) is 0 Å². The number of thiol groups is 3. The van der Waals surface area contributed by atoms with Crippen molar-refractivity contribution in [3.05, 3.63) is 36.7 Å². The molecule has 7 nitrogen and oxygen atoms in total. The monoisotopic (exact) mass is 632 g/mol. The second kappa shape index (κ2) is 12.5. The lowest BCUT2D eigenvalue weighted by Crippen LogP contribution is -2.51. The number of anilines is 1. The van der Waals surface area contributed by atoms with Crippen molar-refractivity contribution in [2.45, 2.75) is 91.7 Å². The zero-order valence-electron chi connectivity index (χ0n) is 23.5. The van der Waals surface area contributed by atoms with Crippen molar-refractivity contribution < 1.29 is 9.50 Å². The summed E-state index contributed by atoms with van der Waals surface area (Å²) in [6.45, 7) is 6.43. The van der Waals surface area contributed by atoms with Gasteiger partial charge < -0.3 is 10.0 Å².